The number of esters is 1. The van der Waals surface area contributed by atoms with E-state index in [1.165, 1.54) is 24.1 Å². The molecule has 1 amide bonds. The first-order valence-electron chi connectivity index (χ1n) is 5.22. The Bertz CT molecular complexity index is 499. The third-order valence-corrected chi connectivity index (χ3v) is 2.92. The Kier molecular flexibility index (Phi) is 2.83. The van der Waals surface area contributed by atoms with Crippen LogP contribution in [0.4, 0.5) is 10.1 Å². The van der Waals surface area contributed by atoms with Crippen LogP contribution in [0, 0.1) is 5.82 Å². The third-order valence-electron chi connectivity index (χ3n) is 2.92. The summed E-state index contributed by atoms with van der Waals surface area (Å²) in [7, 11) is 2.80. The Labute approximate surface area is 98.0 Å². The van der Waals surface area contributed by atoms with Crippen LogP contribution in [0.15, 0.2) is 12.1 Å². The van der Waals surface area contributed by atoms with E-state index in [0.717, 1.165) is 5.56 Å². The fourth-order valence-electron chi connectivity index (χ4n) is 1.93. The first kappa shape index (κ1) is 11.6. The zero-order valence-corrected chi connectivity index (χ0v) is 9.62. The van der Waals surface area contributed by atoms with Gasteiger partial charge in [0.25, 0.3) is 0 Å². The Hall–Kier alpha value is -1.91. The Morgan fingerprint density at radius 2 is 2.12 bits per heavy atom. The molecule has 0 radical (unpaired) electrons. The van der Waals surface area contributed by atoms with Gasteiger partial charge < -0.3 is 9.64 Å². The molecule has 0 bridgehead atoms. The molecule has 0 saturated carbocycles. The van der Waals surface area contributed by atoms with E-state index < -0.39 is 11.8 Å². The molecule has 0 spiro atoms. The van der Waals surface area contributed by atoms with E-state index >= 15 is 0 Å². The van der Waals surface area contributed by atoms with Crippen molar-refractivity contribution in [1.82, 2.24) is 0 Å². The molecule has 0 N–H and O–H groups in total. The number of methoxy groups -OCH3 is 1. The highest BCUT2D eigenvalue weighted by Gasteiger charge is 2.24. The molecule has 1 aliphatic heterocycles. The van der Waals surface area contributed by atoms with Gasteiger partial charge in [0.1, 0.15) is 5.82 Å². The molecule has 2 rings (SSSR count). The Morgan fingerprint density at radius 3 is 2.76 bits per heavy atom. The van der Waals surface area contributed by atoms with Crippen molar-refractivity contribution in [1.29, 1.82) is 0 Å². The number of halogens is 1. The molecule has 1 aromatic carbocycles. The van der Waals surface area contributed by atoms with Gasteiger partial charge in [0, 0.05) is 19.2 Å². The van der Waals surface area contributed by atoms with Crippen LogP contribution in [-0.2, 0) is 16.0 Å². The molecule has 5 heteroatoms. The second-order valence-corrected chi connectivity index (χ2v) is 3.91. The number of hydrogen-bond acceptors (Lipinski definition) is 3. The normalized spacial score (nSPS) is 14.5. The topological polar surface area (TPSA) is 46.6 Å². The number of nitrogens with zero attached hydrogens (tertiary/aromatic N) is 1. The van der Waals surface area contributed by atoms with Crippen molar-refractivity contribution in [3.05, 3.63) is 29.1 Å². The molecule has 90 valence electrons. The van der Waals surface area contributed by atoms with Gasteiger partial charge >= 0.3 is 5.97 Å². The SMILES string of the molecule is COC(=O)c1cc2c(cc1F)CCC(=O)N2C. The Balaban J connectivity index is 2.54. The van der Waals surface area contributed by atoms with Gasteiger partial charge in [-0.3, -0.25) is 4.79 Å². The summed E-state index contributed by atoms with van der Waals surface area (Å²) in [5, 5.41) is 0. The molecule has 0 saturated heterocycles. The fourth-order valence-corrected chi connectivity index (χ4v) is 1.93. The first-order chi connectivity index (χ1) is 8.04. The van der Waals surface area contributed by atoms with Crippen molar-refractivity contribution in [2.24, 2.45) is 0 Å². The van der Waals surface area contributed by atoms with E-state index in [-0.39, 0.29) is 11.5 Å². The summed E-state index contributed by atoms with van der Waals surface area (Å²) in [5.74, 6) is -1.39. The summed E-state index contributed by atoms with van der Waals surface area (Å²) in [5.41, 5.74) is 1.16. The van der Waals surface area contributed by atoms with Gasteiger partial charge in [0.15, 0.2) is 0 Å². The molecule has 1 aliphatic rings. The summed E-state index contributed by atoms with van der Waals surface area (Å²) >= 11 is 0. The smallest absolute Gasteiger partial charge is 0.340 e. The zero-order chi connectivity index (χ0) is 12.6. The zero-order valence-electron chi connectivity index (χ0n) is 9.62. The van der Waals surface area contributed by atoms with E-state index in [2.05, 4.69) is 4.74 Å². The second-order valence-electron chi connectivity index (χ2n) is 3.91. The molecule has 0 unspecified atom stereocenters. The van der Waals surface area contributed by atoms with Crippen LogP contribution in [-0.4, -0.2) is 26.0 Å². The average Bonchev–Trinajstić information content (AvgIpc) is 2.32. The summed E-state index contributed by atoms with van der Waals surface area (Å²) in [6.07, 6.45) is 0.859. The lowest BCUT2D eigenvalue weighted by molar-refractivity contribution is -0.118. The van der Waals surface area contributed by atoms with Crippen LogP contribution in [0.25, 0.3) is 0 Å². The van der Waals surface area contributed by atoms with Crippen LogP contribution in [0.2, 0.25) is 0 Å². The quantitative estimate of drug-likeness (QED) is 0.696. The average molecular weight is 237 g/mol. The summed E-state index contributed by atoms with van der Waals surface area (Å²) < 4.78 is 18.1. The van der Waals surface area contributed by atoms with Crippen LogP contribution in [0.3, 0.4) is 0 Å². The van der Waals surface area contributed by atoms with Crippen molar-refractivity contribution in [3.8, 4) is 0 Å². The number of rotatable bonds is 1. The number of fused-ring (bicyclic) bond motifs is 1. The molecular weight excluding hydrogens is 225 g/mol. The maximum atomic E-state index is 13.6. The molecule has 1 aromatic rings. The minimum Gasteiger partial charge on any atom is -0.465 e. The maximum absolute atomic E-state index is 13.6. The molecule has 17 heavy (non-hydrogen) atoms. The van der Waals surface area contributed by atoms with E-state index in [4.69, 9.17) is 0 Å². The standard InChI is InChI=1S/C12H12FNO3/c1-14-10-6-8(12(16)17-2)9(13)5-7(10)3-4-11(14)15/h5-6H,3-4H2,1-2H3. The number of aryl methyl sites for hydroxylation is 1. The molecule has 0 aliphatic carbocycles. The molecule has 0 aromatic heterocycles. The number of carbonyl (C=O) groups is 2. The lowest BCUT2D eigenvalue weighted by Crippen LogP contribution is -2.31. The number of anilines is 1. The minimum atomic E-state index is -0.739. The number of carbonyl (C=O) groups excluding carboxylic acids is 2. The second kappa shape index (κ2) is 4.16. The van der Waals surface area contributed by atoms with Gasteiger partial charge in [0.05, 0.1) is 12.7 Å². The van der Waals surface area contributed by atoms with Gasteiger partial charge in [-0.2, -0.15) is 0 Å². The third kappa shape index (κ3) is 1.88. The van der Waals surface area contributed by atoms with E-state index in [1.807, 2.05) is 0 Å². The predicted molar refractivity (Wildman–Crippen MR) is 59.5 cm³/mol. The van der Waals surface area contributed by atoms with Crippen molar-refractivity contribution in [3.63, 3.8) is 0 Å². The summed E-state index contributed by atoms with van der Waals surface area (Å²) in [6.45, 7) is 0. The molecule has 0 atom stereocenters. The van der Waals surface area contributed by atoms with Crippen molar-refractivity contribution in [2.45, 2.75) is 12.8 Å². The first-order valence-corrected chi connectivity index (χ1v) is 5.22. The lowest BCUT2D eigenvalue weighted by atomic mass is 9.99. The highest BCUT2D eigenvalue weighted by molar-refractivity contribution is 5.98. The Morgan fingerprint density at radius 1 is 1.41 bits per heavy atom. The minimum absolute atomic E-state index is 0.0417. The van der Waals surface area contributed by atoms with Crippen LogP contribution in [0.1, 0.15) is 22.3 Å². The van der Waals surface area contributed by atoms with Gasteiger partial charge in [-0.15, -0.1) is 0 Å². The highest BCUT2D eigenvalue weighted by Crippen LogP contribution is 2.29. The largest absolute Gasteiger partial charge is 0.465 e. The van der Waals surface area contributed by atoms with Gasteiger partial charge in [-0.1, -0.05) is 0 Å². The van der Waals surface area contributed by atoms with E-state index in [9.17, 15) is 14.0 Å². The predicted octanol–water partition coefficient (Wildman–Crippen LogP) is 1.52. The molecule has 4 nitrogen and oxygen atoms in total. The van der Waals surface area contributed by atoms with Gasteiger partial charge in [-0.25, -0.2) is 9.18 Å². The molecule has 0 fully saturated rings. The highest BCUT2D eigenvalue weighted by atomic mass is 19.1. The van der Waals surface area contributed by atoms with E-state index in [1.54, 1.807) is 7.05 Å². The monoisotopic (exact) mass is 237 g/mol. The fraction of sp³-hybridized carbons (Fsp3) is 0.333. The number of hydrogen-bond donors (Lipinski definition) is 0. The van der Waals surface area contributed by atoms with Crippen molar-refractivity contribution in [2.75, 3.05) is 19.1 Å². The number of ether oxygens (including phenoxy) is 1. The summed E-state index contributed by atoms with van der Waals surface area (Å²) in [4.78, 5) is 24.3. The van der Waals surface area contributed by atoms with Gasteiger partial charge in [-0.05, 0) is 24.1 Å². The number of benzene rings is 1. The van der Waals surface area contributed by atoms with Gasteiger partial charge in [0.2, 0.25) is 5.91 Å². The lowest BCUT2D eigenvalue weighted by Gasteiger charge is -2.26. The van der Waals surface area contributed by atoms with Crippen LogP contribution >= 0.6 is 0 Å². The summed E-state index contributed by atoms with van der Waals surface area (Å²) in [6, 6.07) is 2.66. The molecule has 1 heterocycles. The maximum Gasteiger partial charge on any atom is 0.340 e. The van der Waals surface area contributed by atoms with Crippen LogP contribution < -0.4 is 4.90 Å². The van der Waals surface area contributed by atoms with Crippen LogP contribution in [0.5, 0.6) is 0 Å². The van der Waals surface area contributed by atoms with Crippen molar-refractivity contribution < 1.29 is 18.7 Å². The van der Waals surface area contributed by atoms with Crippen molar-refractivity contribution >= 4 is 17.6 Å². The molecular formula is C12H12FNO3. The van der Waals surface area contributed by atoms with E-state index in [0.29, 0.717) is 18.5 Å². The number of amides is 1.